The third kappa shape index (κ3) is 4.15. The molecular formula is C26H29N3O2. The van der Waals surface area contributed by atoms with Crippen LogP contribution in [0.15, 0.2) is 60.8 Å². The summed E-state index contributed by atoms with van der Waals surface area (Å²) in [6.45, 7) is 5.68. The lowest BCUT2D eigenvalue weighted by Gasteiger charge is -2.43. The molecule has 5 nitrogen and oxygen atoms in total. The monoisotopic (exact) mass is 415 g/mol. The van der Waals surface area contributed by atoms with Crippen molar-refractivity contribution in [3.05, 3.63) is 83.2 Å². The van der Waals surface area contributed by atoms with Gasteiger partial charge in [-0.15, -0.1) is 0 Å². The molecule has 160 valence electrons. The zero-order valence-electron chi connectivity index (χ0n) is 18.1. The summed E-state index contributed by atoms with van der Waals surface area (Å²) in [7, 11) is 0. The number of aromatic nitrogens is 2. The van der Waals surface area contributed by atoms with Gasteiger partial charge in [-0.05, 0) is 49.1 Å². The molecule has 0 N–H and O–H groups in total. The molecule has 2 heterocycles. The van der Waals surface area contributed by atoms with Crippen molar-refractivity contribution in [2.75, 3.05) is 31.2 Å². The summed E-state index contributed by atoms with van der Waals surface area (Å²) in [6.07, 6.45) is 5.51. The number of ether oxygens (including phenoxy) is 2. The van der Waals surface area contributed by atoms with Crippen LogP contribution < -0.4 is 9.64 Å². The second-order valence-electron chi connectivity index (χ2n) is 8.56. The van der Waals surface area contributed by atoms with Crippen LogP contribution in [0.25, 0.3) is 0 Å². The van der Waals surface area contributed by atoms with E-state index in [0.717, 1.165) is 43.7 Å². The molecule has 2 aliphatic rings. The Labute approximate surface area is 184 Å². The number of benzene rings is 2. The summed E-state index contributed by atoms with van der Waals surface area (Å²) in [5.74, 6) is 1.62. The minimum atomic E-state index is 0.159. The first kappa shape index (κ1) is 20.0. The van der Waals surface area contributed by atoms with Crippen LogP contribution in [-0.2, 0) is 16.8 Å². The predicted octanol–water partition coefficient (Wildman–Crippen LogP) is 4.67. The maximum Gasteiger partial charge on any atom is 0.225 e. The highest BCUT2D eigenvalue weighted by atomic mass is 16.5. The summed E-state index contributed by atoms with van der Waals surface area (Å²) >= 11 is 0. The lowest BCUT2D eigenvalue weighted by atomic mass is 9.60. The van der Waals surface area contributed by atoms with Crippen LogP contribution in [-0.4, -0.2) is 36.3 Å². The molecule has 1 aliphatic heterocycles. The highest BCUT2D eigenvalue weighted by molar-refractivity contribution is 5.44. The van der Waals surface area contributed by atoms with Gasteiger partial charge in [0.05, 0.1) is 18.9 Å². The molecule has 1 saturated carbocycles. The zero-order valence-corrected chi connectivity index (χ0v) is 18.1. The largest absolute Gasteiger partial charge is 0.487 e. The molecule has 2 aromatic carbocycles. The fourth-order valence-corrected chi connectivity index (χ4v) is 4.56. The van der Waals surface area contributed by atoms with Gasteiger partial charge in [0.25, 0.3) is 0 Å². The number of nitrogens with zero attached hydrogens (tertiary/aromatic N) is 3. The van der Waals surface area contributed by atoms with E-state index in [-0.39, 0.29) is 5.41 Å². The van der Waals surface area contributed by atoms with E-state index in [1.165, 1.54) is 36.0 Å². The van der Waals surface area contributed by atoms with Gasteiger partial charge in [0.15, 0.2) is 0 Å². The van der Waals surface area contributed by atoms with Gasteiger partial charge in [-0.2, -0.15) is 0 Å². The maximum absolute atomic E-state index is 6.04. The summed E-state index contributed by atoms with van der Waals surface area (Å²) in [5, 5.41) is 0. The third-order valence-corrected chi connectivity index (χ3v) is 6.60. The molecule has 0 amide bonds. The Bertz CT molecular complexity index is 1010. The van der Waals surface area contributed by atoms with Crippen LogP contribution in [0.2, 0.25) is 0 Å². The van der Waals surface area contributed by atoms with E-state index in [2.05, 4.69) is 70.3 Å². The smallest absolute Gasteiger partial charge is 0.225 e. The Morgan fingerprint density at radius 3 is 2.26 bits per heavy atom. The Morgan fingerprint density at radius 1 is 0.935 bits per heavy atom. The summed E-state index contributed by atoms with van der Waals surface area (Å²) in [5.41, 5.74) is 5.16. The van der Waals surface area contributed by atoms with Gasteiger partial charge in [0.2, 0.25) is 5.95 Å². The Kier molecular flexibility index (Phi) is 5.60. The number of rotatable bonds is 6. The molecule has 1 saturated heterocycles. The average molecular weight is 416 g/mol. The van der Waals surface area contributed by atoms with E-state index in [0.29, 0.717) is 6.61 Å². The second kappa shape index (κ2) is 8.67. The molecule has 5 rings (SSSR count). The molecule has 0 bridgehead atoms. The van der Waals surface area contributed by atoms with E-state index in [4.69, 9.17) is 9.47 Å². The molecule has 0 atom stereocenters. The lowest BCUT2D eigenvalue weighted by Crippen LogP contribution is -2.37. The average Bonchev–Trinajstić information content (AvgIpc) is 2.80. The second-order valence-corrected chi connectivity index (χ2v) is 8.56. The summed E-state index contributed by atoms with van der Waals surface area (Å²) in [4.78, 5) is 11.2. The quantitative estimate of drug-likeness (QED) is 0.585. The number of hydrogen-bond acceptors (Lipinski definition) is 5. The van der Waals surface area contributed by atoms with Crippen LogP contribution in [0.1, 0.15) is 41.6 Å². The third-order valence-electron chi connectivity index (χ3n) is 6.60. The lowest BCUT2D eigenvalue weighted by molar-refractivity contribution is 0.122. The van der Waals surface area contributed by atoms with Crippen molar-refractivity contribution in [1.82, 2.24) is 9.97 Å². The van der Waals surface area contributed by atoms with Crippen LogP contribution in [0.3, 0.4) is 0 Å². The van der Waals surface area contributed by atoms with Crippen LogP contribution in [0.4, 0.5) is 5.95 Å². The van der Waals surface area contributed by atoms with Gasteiger partial charge in [-0.3, -0.25) is 0 Å². The normalized spacial score (nSPS) is 17.8. The molecule has 0 radical (unpaired) electrons. The molecular weight excluding hydrogens is 386 g/mol. The first-order chi connectivity index (χ1) is 15.2. The number of anilines is 1. The molecule has 0 spiro atoms. The van der Waals surface area contributed by atoms with Crippen molar-refractivity contribution in [3.8, 4) is 5.75 Å². The van der Waals surface area contributed by atoms with Gasteiger partial charge < -0.3 is 14.4 Å². The minimum absolute atomic E-state index is 0.159. The molecule has 3 aromatic rings. The van der Waals surface area contributed by atoms with E-state index in [9.17, 15) is 0 Å². The van der Waals surface area contributed by atoms with Gasteiger partial charge in [-0.25, -0.2) is 9.97 Å². The topological polar surface area (TPSA) is 47.5 Å². The highest BCUT2D eigenvalue weighted by Gasteiger charge is 2.40. The first-order valence-corrected chi connectivity index (χ1v) is 11.2. The minimum Gasteiger partial charge on any atom is -0.487 e. The summed E-state index contributed by atoms with van der Waals surface area (Å²) < 4.78 is 11.5. The molecule has 5 heteroatoms. The van der Waals surface area contributed by atoms with Crippen molar-refractivity contribution in [1.29, 1.82) is 0 Å². The van der Waals surface area contributed by atoms with Crippen molar-refractivity contribution in [3.63, 3.8) is 0 Å². The molecule has 2 fully saturated rings. The van der Waals surface area contributed by atoms with E-state index >= 15 is 0 Å². The van der Waals surface area contributed by atoms with Gasteiger partial charge >= 0.3 is 0 Å². The zero-order chi connectivity index (χ0) is 21.1. The molecule has 1 aromatic heterocycles. The van der Waals surface area contributed by atoms with Crippen molar-refractivity contribution in [2.45, 2.75) is 38.2 Å². The standard InChI is InChI=1S/C26H29N3O2/c1-20-3-5-21(6-4-20)26(12-2-13-26)22-7-9-24(10-8-22)31-19-23-11-14-27-25(28-23)29-15-17-30-18-16-29/h3-11,14H,2,12-13,15-19H2,1H3. The fourth-order valence-electron chi connectivity index (χ4n) is 4.56. The van der Waals surface area contributed by atoms with Gasteiger partial charge in [0.1, 0.15) is 12.4 Å². The maximum atomic E-state index is 6.04. The number of aryl methyl sites for hydroxylation is 1. The number of hydrogen-bond donors (Lipinski definition) is 0. The molecule has 31 heavy (non-hydrogen) atoms. The number of morpholine rings is 1. The van der Waals surface area contributed by atoms with Crippen molar-refractivity contribution >= 4 is 5.95 Å². The van der Waals surface area contributed by atoms with Crippen LogP contribution >= 0.6 is 0 Å². The van der Waals surface area contributed by atoms with E-state index in [1.54, 1.807) is 0 Å². The predicted molar refractivity (Wildman–Crippen MR) is 122 cm³/mol. The Balaban J connectivity index is 1.26. The van der Waals surface area contributed by atoms with Crippen molar-refractivity contribution in [2.24, 2.45) is 0 Å². The van der Waals surface area contributed by atoms with E-state index in [1.807, 2.05) is 12.3 Å². The van der Waals surface area contributed by atoms with E-state index < -0.39 is 0 Å². The van der Waals surface area contributed by atoms with Gasteiger partial charge in [-0.1, -0.05) is 48.4 Å². The van der Waals surface area contributed by atoms with Gasteiger partial charge in [0, 0.05) is 24.7 Å². The van der Waals surface area contributed by atoms with Crippen LogP contribution in [0.5, 0.6) is 5.75 Å². The molecule has 1 aliphatic carbocycles. The fraction of sp³-hybridized carbons (Fsp3) is 0.385. The Morgan fingerprint density at radius 2 is 1.61 bits per heavy atom. The summed E-state index contributed by atoms with van der Waals surface area (Å²) in [6, 6.07) is 19.6. The van der Waals surface area contributed by atoms with Crippen molar-refractivity contribution < 1.29 is 9.47 Å². The molecule has 0 unspecified atom stereocenters. The van der Waals surface area contributed by atoms with Crippen LogP contribution in [0, 0.1) is 6.92 Å². The highest BCUT2D eigenvalue weighted by Crippen LogP contribution is 2.49. The Hall–Kier alpha value is -2.92. The SMILES string of the molecule is Cc1ccc(C2(c3ccc(OCc4ccnc(N5CCOCC5)n4)cc3)CCC2)cc1. The first-order valence-electron chi connectivity index (χ1n) is 11.2.